The summed E-state index contributed by atoms with van der Waals surface area (Å²) >= 11 is 0. The van der Waals surface area contributed by atoms with Gasteiger partial charge in [0.1, 0.15) is 6.04 Å². The zero-order valence-corrected chi connectivity index (χ0v) is 15.7. The molecule has 2 heterocycles. The summed E-state index contributed by atoms with van der Waals surface area (Å²) in [5.41, 5.74) is 1.15. The second kappa shape index (κ2) is 8.30. The van der Waals surface area contributed by atoms with E-state index in [0.29, 0.717) is 17.2 Å². The maximum absolute atomic E-state index is 12.6. The molecule has 8 heteroatoms. The number of carbonyl (C=O) groups excluding carboxylic acids is 3. The maximum Gasteiger partial charge on any atom is 0.249 e. The molecule has 0 aromatic heterocycles. The standard InChI is InChI=1S/C19H25N5O3/c1-3-23-8-10-24(11-9-23)19-21-16(12-17(26)22-19)18(27)20-15-6-4-14(5-7-15)13(2)25/h4-7,16H,3,8-12H2,1-2H3,(H,20,27)(H,21,22,26)/t16-/m1/s1. The van der Waals surface area contributed by atoms with E-state index in [1.807, 2.05) is 4.90 Å². The van der Waals surface area contributed by atoms with Crippen molar-refractivity contribution in [3.8, 4) is 0 Å². The van der Waals surface area contributed by atoms with Gasteiger partial charge in [-0.2, -0.15) is 0 Å². The Labute approximate surface area is 158 Å². The Kier molecular flexibility index (Phi) is 5.85. The number of Topliss-reactive ketones (excluding diaryl/α,β-unsaturated/α-hetero) is 1. The molecular formula is C19H25N5O3. The molecule has 0 saturated carbocycles. The molecule has 1 atom stereocenters. The minimum absolute atomic E-state index is 0.0236. The van der Waals surface area contributed by atoms with Gasteiger partial charge in [-0.15, -0.1) is 0 Å². The first-order valence-corrected chi connectivity index (χ1v) is 9.23. The van der Waals surface area contributed by atoms with Crippen LogP contribution >= 0.6 is 0 Å². The van der Waals surface area contributed by atoms with Crippen molar-refractivity contribution in [2.24, 2.45) is 4.99 Å². The summed E-state index contributed by atoms with van der Waals surface area (Å²) in [6, 6.07) is 5.91. The normalized spacial score (nSPS) is 20.7. The fourth-order valence-electron chi connectivity index (χ4n) is 3.18. The Hall–Kier alpha value is -2.74. The molecule has 0 unspecified atom stereocenters. The highest BCUT2D eigenvalue weighted by Gasteiger charge is 2.30. The van der Waals surface area contributed by atoms with Gasteiger partial charge in [-0.1, -0.05) is 6.92 Å². The number of carbonyl (C=O) groups is 3. The summed E-state index contributed by atoms with van der Waals surface area (Å²) in [6.07, 6.45) is 0.0236. The third-order valence-corrected chi connectivity index (χ3v) is 4.89. The lowest BCUT2D eigenvalue weighted by Crippen LogP contribution is -2.56. The van der Waals surface area contributed by atoms with E-state index in [-0.39, 0.29) is 24.0 Å². The fourth-order valence-corrected chi connectivity index (χ4v) is 3.18. The van der Waals surface area contributed by atoms with Gasteiger partial charge in [0.2, 0.25) is 17.8 Å². The minimum atomic E-state index is -0.759. The van der Waals surface area contributed by atoms with Crippen molar-refractivity contribution in [1.82, 2.24) is 15.1 Å². The lowest BCUT2D eigenvalue weighted by Gasteiger charge is -2.37. The van der Waals surface area contributed by atoms with Crippen LogP contribution in [0.3, 0.4) is 0 Å². The van der Waals surface area contributed by atoms with Crippen molar-refractivity contribution >= 4 is 29.2 Å². The molecule has 3 rings (SSSR count). The zero-order valence-electron chi connectivity index (χ0n) is 15.7. The minimum Gasteiger partial charge on any atom is -0.340 e. The van der Waals surface area contributed by atoms with Crippen LogP contribution in [0.1, 0.15) is 30.6 Å². The number of guanidine groups is 1. The lowest BCUT2D eigenvalue weighted by molar-refractivity contribution is -0.125. The van der Waals surface area contributed by atoms with Crippen LogP contribution in [0.15, 0.2) is 29.3 Å². The fraction of sp³-hybridized carbons (Fsp3) is 0.474. The number of aliphatic imine (C=N–C) groups is 1. The molecule has 0 bridgehead atoms. The Balaban J connectivity index is 1.66. The van der Waals surface area contributed by atoms with Crippen LogP contribution in [0.25, 0.3) is 0 Å². The van der Waals surface area contributed by atoms with Crippen LogP contribution in [0.2, 0.25) is 0 Å². The van der Waals surface area contributed by atoms with Crippen molar-refractivity contribution in [1.29, 1.82) is 0 Å². The summed E-state index contributed by atoms with van der Waals surface area (Å²) in [7, 11) is 0. The van der Waals surface area contributed by atoms with Gasteiger partial charge in [-0.25, -0.2) is 4.99 Å². The van der Waals surface area contributed by atoms with Gasteiger partial charge >= 0.3 is 0 Å². The topological polar surface area (TPSA) is 94.1 Å². The van der Waals surface area contributed by atoms with Crippen LogP contribution < -0.4 is 10.6 Å². The monoisotopic (exact) mass is 371 g/mol. The van der Waals surface area contributed by atoms with Gasteiger partial charge in [0.25, 0.3) is 0 Å². The average molecular weight is 371 g/mol. The summed E-state index contributed by atoms with van der Waals surface area (Å²) in [5, 5.41) is 5.56. The van der Waals surface area contributed by atoms with Crippen molar-refractivity contribution in [3.63, 3.8) is 0 Å². The molecule has 0 spiro atoms. The molecule has 1 saturated heterocycles. The molecule has 0 radical (unpaired) electrons. The molecule has 1 aromatic rings. The van der Waals surface area contributed by atoms with Crippen molar-refractivity contribution in [2.75, 3.05) is 38.0 Å². The van der Waals surface area contributed by atoms with E-state index in [2.05, 4.69) is 27.4 Å². The summed E-state index contributed by atoms with van der Waals surface area (Å²) in [6.45, 7) is 7.97. The number of benzene rings is 1. The van der Waals surface area contributed by atoms with Crippen LogP contribution in [0.4, 0.5) is 5.69 Å². The number of nitrogens with zero attached hydrogens (tertiary/aromatic N) is 3. The molecule has 2 aliphatic heterocycles. The van der Waals surface area contributed by atoms with Gasteiger partial charge in [-0.05, 0) is 37.7 Å². The molecule has 144 valence electrons. The molecule has 2 N–H and O–H groups in total. The number of piperazine rings is 1. The van der Waals surface area contributed by atoms with Gasteiger partial charge in [0.15, 0.2) is 5.78 Å². The highest BCUT2D eigenvalue weighted by atomic mass is 16.2. The molecular weight excluding hydrogens is 346 g/mol. The number of hydrogen-bond donors (Lipinski definition) is 2. The summed E-state index contributed by atoms with van der Waals surface area (Å²) in [4.78, 5) is 44.8. The highest BCUT2D eigenvalue weighted by Crippen LogP contribution is 2.14. The molecule has 2 amide bonds. The SMILES string of the molecule is CCN1CCN(C2=N[C@@H](C(=O)Nc3ccc(C(C)=O)cc3)CC(=O)N2)CC1. The van der Waals surface area contributed by atoms with Gasteiger partial charge < -0.3 is 15.1 Å². The van der Waals surface area contributed by atoms with E-state index in [0.717, 1.165) is 32.7 Å². The molecule has 1 fully saturated rings. The van der Waals surface area contributed by atoms with E-state index in [4.69, 9.17) is 0 Å². The van der Waals surface area contributed by atoms with Gasteiger partial charge in [0.05, 0.1) is 6.42 Å². The van der Waals surface area contributed by atoms with Gasteiger partial charge in [-0.3, -0.25) is 19.7 Å². The molecule has 1 aromatic carbocycles. The highest BCUT2D eigenvalue weighted by molar-refractivity contribution is 6.06. The second-order valence-electron chi connectivity index (χ2n) is 6.76. The number of ketones is 1. The van der Waals surface area contributed by atoms with E-state index in [1.165, 1.54) is 6.92 Å². The van der Waals surface area contributed by atoms with Crippen LogP contribution in [0.5, 0.6) is 0 Å². The molecule has 27 heavy (non-hydrogen) atoms. The third kappa shape index (κ3) is 4.71. The largest absolute Gasteiger partial charge is 0.340 e. The predicted molar refractivity (Wildman–Crippen MR) is 103 cm³/mol. The molecule has 8 nitrogen and oxygen atoms in total. The smallest absolute Gasteiger partial charge is 0.249 e. The van der Waals surface area contributed by atoms with Crippen molar-refractivity contribution in [2.45, 2.75) is 26.3 Å². The Morgan fingerprint density at radius 3 is 2.44 bits per heavy atom. The third-order valence-electron chi connectivity index (χ3n) is 4.89. The first kappa shape index (κ1) is 19.0. The number of nitrogens with one attached hydrogen (secondary N) is 2. The van der Waals surface area contributed by atoms with Crippen molar-refractivity contribution in [3.05, 3.63) is 29.8 Å². The second-order valence-corrected chi connectivity index (χ2v) is 6.76. The summed E-state index contributed by atoms with van der Waals surface area (Å²) in [5.74, 6) is -0.0848. The number of hydrogen-bond acceptors (Lipinski definition) is 6. The Morgan fingerprint density at radius 2 is 1.85 bits per heavy atom. The van der Waals surface area contributed by atoms with Crippen molar-refractivity contribution < 1.29 is 14.4 Å². The number of rotatable bonds is 4. The quantitative estimate of drug-likeness (QED) is 0.761. The first-order chi connectivity index (χ1) is 13.0. The zero-order chi connectivity index (χ0) is 19.4. The van der Waals surface area contributed by atoms with Crippen LogP contribution in [0, 0.1) is 0 Å². The molecule has 0 aliphatic carbocycles. The van der Waals surface area contributed by atoms with Gasteiger partial charge in [0, 0.05) is 37.4 Å². The lowest BCUT2D eigenvalue weighted by atomic mass is 10.1. The number of likely N-dealkylation sites (N-methyl/N-ethyl adjacent to an activating group) is 1. The van der Waals surface area contributed by atoms with Crippen LogP contribution in [-0.4, -0.2) is 72.1 Å². The van der Waals surface area contributed by atoms with E-state index < -0.39 is 6.04 Å². The summed E-state index contributed by atoms with van der Waals surface area (Å²) < 4.78 is 0. The number of amides is 2. The van der Waals surface area contributed by atoms with E-state index in [1.54, 1.807) is 24.3 Å². The Morgan fingerprint density at radius 1 is 1.19 bits per heavy atom. The van der Waals surface area contributed by atoms with E-state index in [9.17, 15) is 14.4 Å². The Bertz CT molecular complexity index is 751. The van der Waals surface area contributed by atoms with E-state index >= 15 is 0 Å². The average Bonchev–Trinajstić information content (AvgIpc) is 2.68. The first-order valence-electron chi connectivity index (χ1n) is 9.23. The van der Waals surface area contributed by atoms with Crippen LogP contribution in [-0.2, 0) is 9.59 Å². The number of anilines is 1. The predicted octanol–water partition coefficient (Wildman–Crippen LogP) is 0.710. The molecule has 2 aliphatic rings. The maximum atomic E-state index is 12.6.